The number of aliphatic hydroxyl groups is 2. The van der Waals surface area contributed by atoms with Crippen LogP contribution in [0, 0.1) is 5.92 Å². The number of carboxylic acids is 1. The number of aliphatic carboxylic acids is 1. The molecule has 70 valence electrons. The van der Waals surface area contributed by atoms with Crippen LogP contribution in [0.5, 0.6) is 0 Å². The second kappa shape index (κ2) is 3.38. The van der Waals surface area contributed by atoms with Gasteiger partial charge in [-0.2, -0.15) is 0 Å². The first-order chi connectivity index (χ1) is 5.54. The Morgan fingerprint density at radius 2 is 1.92 bits per heavy atom. The van der Waals surface area contributed by atoms with Gasteiger partial charge in [-0.25, -0.2) is 0 Å². The van der Waals surface area contributed by atoms with E-state index in [4.69, 9.17) is 15.9 Å². The van der Waals surface area contributed by atoms with Gasteiger partial charge >= 0.3 is 5.97 Å². The van der Waals surface area contributed by atoms with Crippen molar-refractivity contribution in [2.75, 3.05) is 0 Å². The summed E-state index contributed by atoms with van der Waals surface area (Å²) in [4.78, 5) is 10.5. The monoisotopic (exact) mass is 175 g/mol. The van der Waals surface area contributed by atoms with E-state index in [9.17, 15) is 9.90 Å². The fourth-order valence-electron chi connectivity index (χ4n) is 1.50. The number of rotatable bonds is 1. The van der Waals surface area contributed by atoms with Crippen molar-refractivity contribution in [1.82, 2.24) is 0 Å². The van der Waals surface area contributed by atoms with E-state index in [1.807, 2.05) is 0 Å². The minimum atomic E-state index is -1.11. The van der Waals surface area contributed by atoms with Gasteiger partial charge < -0.3 is 21.1 Å². The van der Waals surface area contributed by atoms with Crippen LogP contribution in [0.3, 0.4) is 0 Å². The highest BCUT2D eigenvalue weighted by Crippen LogP contribution is 2.23. The van der Waals surface area contributed by atoms with Gasteiger partial charge in [-0.3, -0.25) is 4.79 Å². The maximum Gasteiger partial charge on any atom is 0.308 e. The average Bonchev–Trinajstić information content (AvgIpc) is 2.00. The van der Waals surface area contributed by atoms with Gasteiger partial charge in [0.05, 0.1) is 18.1 Å². The molecule has 0 radical (unpaired) electrons. The molecule has 5 N–H and O–H groups in total. The Morgan fingerprint density at radius 1 is 1.33 bits per heavy atom. The summed E-state index contributed by atoms with van der Waals surface area (Å²) in [7, 11) is 0. The summed E-state index contributed by atoms with van der Waals surface area (Å²) in [5.41, 5.74) is 5.42. The lowest BCUT2D eigenvalue weighted by Gasteiger charge is -2.33. The van der Waals surface area contributed by atoms with Gasteiger partial charge in [-0.05, 0) is 12.8 Å². The van der Waals surface area contributed by atoms with E-state index < -0.39 is 30.1 Å². The van der Waals surface area contributed by atoms with E-state index in [1.54, 1.807) is 0 Å². The van der Waals surface area contributed by atoms with Crippen LogP contribution in [0.1, 0.15) is 12.8 Å². The lowest BCUT2D eigenvalue weighted by molar-refractivity contribution is -0.147. The molecule has 1 aliphatic rings. The molecule has 0 unspecified atom stereocenters. The van der Waals surface area contributed by atoms with Crippen LogP contribution >= 0.6 is 0 Å². The predicted molar refractivity (Wildman–Crippen MR) is 40.3 cm³/mol. The van der Waals surface area contributed by atoms with Crippen LogP contribution in [0.25, 0.3) is 0 Å². The number of carboxylic acid groups (broad SMARTS) is 1. The Hall–Kier alpha value is -0.650. The molecule has 0 aromatic heterocycles. The molecule has 1 fully saturated rings. The first-order valence-corrected chi connectivity index (χ1v) is 3.88. The Kier molecular flexibility index (Phi) is 2.66. The molecule has 12 heavy (non-hydrogen) atoms. The molecule has 0 amide bonds. The molecule has 1 rings (SSSR count). The van der Waals surface area contributed by atoms with E-state index in [0.717, 1.165) is 0 Å². The summed E-state index contributed by atoms with van der Waals surface area (Å²) in [6.07, 6.45) is -1.36. The lowest BCUT2D eigenvalue weighted by Crippen LogP contribution is -2.53. The third-order valence-electron chi connectivity index (χ3n) is 2.34. The molecule has 0 aliphatic heterocycles. The van der Waals surface area contributed by atoms with Gasteiger partial charge in [0.1, 0.15) is 0 Å². The van der Waals surface area contributed by atoms with Crippen molar-refractivity contribution >= 4 is 5.97 Å². The summed E-state index contributed by atoms with van der Waals surface area (Å²) in [6.45, 7) is 0. The molecular formula is C7H13NO4. The minimum absolute atomic E-state index is 0.297. The van der Waals surface area contributed by atoms with Gasteiger partial charge in [0, 0.05) is 6.04 Å². The van der Waals surface area contributed by atoms with Crippen molar-refractivity contribution in [1.29, 1.82) is 0 Å². The number of nitrogens with two attached hydrogens (primary N) is 1. The van der Waals surface area contributed by atoms with Crippen LogP contribution in [-0.2, 0) is 4.79 Å². The SMILES string of the molecule is N[C@@H]1[C@@H](O)[C@@H](O)CC[C@H]1C(=O)O. The summed E-state index contributed by atoms with van der Waals surface area (Å²) >= 11 is 0. The molecule has 5 nitrogen and oxygen atoms in total. The van der Waals surface area contributed by atoms with Gasteiger partial charge in [0.15, 0.2) is 0 Å². The highest BCUT2D eigenvalue weighted by molar-refractivity contribution is 5.71. The molecule has 0 bridgehead atoms. The summed E-state index contributed by atoms with van der Waals surface area (Å²) in [5, 5.41) is 27.0. The largest absolute Gasteiger partial charge is 0.481 e. The topological polar surface area (TPSA) is 104 Å². The van der Waals surface area contributed by atoms with Crippen molar-refractivity contribution in [2.45, 2.75) is 31.1 Å². The lowest BCUT2D eigenvalue weighted by atomic mass is 9.81. The molecule has 1 saturated carbocycles. The van der Waals surface area contributed by atoms with E-state index >= 15 is 0 Å². The molecule has 1 aliphatic carbocycles. The standard InChI is InChI=1S/C7H13NO4/c8-5-3(7(11)12)1-2-4(9)6(5)10/h3-6,9-10H,1-2,8H2,(H,11,12)/t3-,4+,5+,6+/m1/s1. The first-order valence-electron chi connectivity index (χ1n) is 3.88. The Labute approximate surface area is 69.8 Å². The molecule has 4 atom stereocenters. The molecule has 0 aromatic carbocycles. The third kappa shape index (κ3) is 1.57. The number of hydrogen-bond donors (Lipinski definition) is 4. The number of hydrogen-bond acceptors (Lipinski definition) is 4. The molecule has 0 heterocycles. The Bertz CT molecular complexity index is 184. The summed E-state index contributed by atoms with van der Waals surface area (Å²) in [6, 6.07) is -0.855. The fourth-order valence-corrected chi connectivity index (χ4v) is 1.50. The van der Waals surface area contributed by atoms with Gasteiger partial charge in [-0.15, -0.1) is 0 Å². The number of aliphatic hydroxyl groups excluding tert-OH is 2. The fraction of sp³-hybridized carbons (Fsp3) is 0.857. The second-order valence-electron chi connectivity index (χ2n) is 3.16. The minimum Gasteiger partial charge on any atom is -0.481 e. The van der Waals surface area contributed by atoms with Crippen LogP contribution in [-0.4, -0.2) is 39.5 Å². The average molecular weight is 175 g/mol. The molecular weight excluding hydrogens is 162 g/mol. The van der Waals surface area contributed by atoms with Crippen LogP contribution < -0.4 is 5.73 Å². The van der Waals surface area contributed by atoms with Crippen LogP contribution in [0.2, 0.25) is 0 Å². The maximum absolute atomic E-state index is 10.5. The van der Waals surface area contributed by atoms with E-state index in [0.29, 0.717) is 12.8 Å². The van der Waals surface area contributed by atoms with Crippen LogP contribution in [0.15, 0.2) is 0 Å². The molecule has 0 aromatic rings. The first kappa shape index (κ1) is 9.44. The zero-order chi connectivity index (χ0) is 9.30. The van der Waals surface area contributed by atoms with Crippen molar-refractivity contribution in [3.8, 4) is 0 Å². The summed E-state index contributed by atoms with van der Waals surface area (Å²) in [5.74, 6) is -1.74. The quantitative estimate of drug-likeness (QED) is 0.389. The van der Waals surface area contributed by atoms with Crippen molar-refractivity contribution in [2.24, 2.45) is 11.7 Å². The van der Waals surface area contributed by atoms with E-state index in [2.05, 4.69) is 0 Å². The Balaban J connectivity index is 2.65. The Morgan fingerprint density at radius 3 is 2.42 bits per heavy atom. The van der Waals surface area contributed by atoms with E-state index in [1.165, 1.54) is 0 Å². The normalized spacial score (nSPS) is 42.6. The highest BCUT2D eigenvalue weighted by Gasteiger charge is 2.38. The maximum atomic E-state index is 10.5. The highest BCUT2D eigenvalue weighted by atomic mass is 16.4. The van der Waals surface area contributed by atoms with Gasteiger partial charge in [0.2, 0.25) is 0 Å². The van der Waals surface area contributed by atoms with Gasteiger partial charge in [-0.1, -0.05) is 0 Å². The molecule has 0 saturated heterocycles. The van der Waals surface area contributed by atoms with E-state index in [-0.39, 0.29) is 0 Å². The zero-order valence-corrected chi connectivity index (χ0v) is 6.55. The summed E-state index contributed by atoms with van der Waals surface area (Å²) < 4.78 is 0. The van der Waals surface area contributed by atoms with Gasteiger partial charge in [0.25, 0.3) is 0 Å². The van der Waals surface area contributed by atoms with Crippen molar-refractivity contribution < 1.29 is 20.1 Å². The molecule has 5 heteroatoms. The zero-order valence-electron chi connectivity index (χ0n) is 6.55. The van der Waals surface area contributed by atoms with Crippen LogP contribution in [0.4, 0.5) is 0 Å². The second-order valence-corrected chi connectivity index (χ2v) is 3.16. The third-order valence-corrected chi connectivity index (χ3v) is 2.34. The van der Waals surface area contributed by atoms with Crippen molar-refractivity contribution in [3.63, 3.8) is 0 Å². The molecule has 0 spiro atoms. The smallest absolute Gasteiger partial charge is 0.308 e. The van der Waals surface area contributed by atoms with Crippen molar-refractivity contribution in [3.05, 3.63) is 0 Å². The predicted octanol–water partition coefficient (Wildman–Crippen LogP) is -1.47. The number of carbonyl (C=O) groups is 1.